The van der Waals surface area contributed by atoms with E-state index >= 15 is 0 Å². The predicted molar refractivity (Wildman–Crippen MR) is 67.6 cm³/mol. The van der Waals surface area contributed by atoms with Crippen LogP contribution in [0.15, 0.2) is 41.6 Å². The van der Waals surface area contributed by atoms with Crippen LogP contribution in [0.1, 0.15) is 16.2 Å². The van der Waals surface area contributed by atoms with E-state index in [-0.39, 0.29) is 23.2 Å². The van der Waals surface area contributed by atoms with Gasteiger partial charge in [0.25, 0.3) is 5.91 Å². The standard InChI is InChI=1S/C11H12N4O3S/c12-19(17,18)9-3-1-8(2-4-9)7-15-11(16)10-13-5-6-14-10/h1-6H,7H2,(H,13,14)(H,15,16)(H2,12,17,18). The molecule has 0 saturated heterocycles. The highest BCUT2D eigenvalue weighted by atomic mass is 32.2. The van der Waals surface area contributed by atoms with Crippen LogP contribution in [-0.2, 0) is 16.6 Å². The molecule has 0 radical (unpaired) electrons. The van der Waals surface area contributed by atoms with Crippen molar-refractivity contribution in [3.05, 3.63) is 48.0 Å². The first kappa shape index (κ1) is 13.2. The lowest BCUT2D eigenvalue weighted by molar-refractivity contribution is 0.0941. The Labute approximate surface area is 109 Å². The molecule has 100 valence electrons. The molecule has 1 aromatic carbocycles. The van der Waals surface area contributed by atoms with Gasteiger partial charge in [0.05, 0.1) is 4.90 Å². The number of nitrogens with one attached hydrogen (secondary N) is 2. The Morgan fingerprint density at radius 1 is 1.32 bits per heavy atom. The van der Waals surface area contributed by atoms with Crippen LogP contribution in [0.2, 0.25) is 0 Å². The van der Waals surface area contributed by atoms with Gasteiger partial charge in [-0.1, -0.05) is 12.1 Å². The minimum absolute atomic E-state index is 0.0358. The fourth-order valence-corrected chi connectivity index (χ4v) is 1.97. The zero-order chi connectivity index (χ0) is 13.9. The maximum Gasteiger partial charge on any atom is 0.287 e. The number of rotatable bonds is 4. The number of amides is 1. The monoisotopic (exact) mass is 280 g/mol. The summed E-state index contributed by atoms with van der Waals surface area (Å²) >= 11 is 0. The number of primary sulfonamides is 1. The summed E-state index contributed by atoms with van der Waals surface area (Å²) in [5, 5.41) is 7.63. The Bertz CT molecular complexity index is 662. The fourth-order valence-electron chi connectivity index (χ4n) is 1.45. The number of aromatic nitrogens is 2. The number of aromatic amines is 1. The minimum atomic E-state index is -3.69. The topological polar surface area (TPSA) is 118 Å². The van der Waals surface area contributed by atoms with E-state index in [0.29, 0.717) is 0 Å². The summed E-state index contributed by atoms with van der Waals surface area (Å²) < 4.78 is 22.1. The van der Waals surface area contributed by atoms with Crippen molar-refractivity contribution in [2.24, 2.45) is 5.14 Å². The molecule has 19 heavy (non-hydrogen) atoms. The summed E-state index contributed by atoms with van der Waals surface area (Å²) in [5.41, 5.74) is 0.757. The molecule has 2 aromatic rings. The Morgan fingerprint density at radius 2 is 2.00 bits per heavy atom. The van der Waals surface area contributed by atoms with Crippen molar-refractivity contribution in [3.63, 3.8) is 0 Å². The van der Waals surface area contributed by atoms with Crippen LogP contribution in [-0.4, -0.2) is 24.3 Å². The van der Waals surface area contributed by atoms with Crippen molar-refractivity contribution >= 4 is 15.9 Å². The lowest BCUT2D eigenvalue weighted by Gasteiger charge is -2.04. The molecule has 1 heterocycles. The summed E-state index contributed by atoms with van der Waals surface area (Å²) in [5.74, 6) is -0.110. The molecule has 0 fully saturated rings. The van der Waals surface area contributed by atoms with E-state index in [1.54, 1.807) is 18.3 Å². The number of imidazole rings is 1. The van der Waals surface area contributed by atoms with Crippen LogP contribution < -0.4 is 10.5 Å². The van der Waals surface area contributed by atoms with Crippen molar-refractivity contribution in [2.75, 3.05) is 0 Å². The molecule has 2 rings (SSSR count). The zero-order valence-corrected chi connectivity index (χ0v) is 10.6. The van der Waals surface area contributed by atoms with Crippen LogP contribution in [0.5, 0.6) is 0 Å². The second-order valence-corrected chi connectivity index (χ2v) is 5.37. The molecule has 1 amide bonds. The Kier molecular flexibility index (Phi) is 3.63. The number of H-pyrrole nitrogens is 1. The first-order chi connectivity index (χ1) is 8.97. The second-order valence-electron chi connectivity index (χ2n) is 3.81. The Morgan fingerprint density at radius 3 is 2.53 bits per heavy atom. The number of hydrogen-bond donors (Lipinski definition) is 3. The van der Waals surface area contributed by atoms with E-state index in [4.69, 9.17) is 5.14 Å². The number of sulfonamides is 1. The van der Waals surface area contributed by atoms with Gasteiger partial charge in [0, 0.05) is 18.9 Å². The summed E-state index contributed by atoms with van der Waals surface area (Å²) in [4.78, 5) is 18.1. The summed E-state index contributed by atoms with van der Waals surface area (Å²) in [6.07, 6.45) is 3.03. The average molecular weight is 280 g/mol. The van der Waals surface area contributed by atoms with Gasteiger partial charge in [-0.15, -0.1) is 0 Å². The van der Waals surface area contributed by atoms with Gasteiger partial charge in [-0.2, -0.15) is 0 Å². The summed E-state index contributed by atoms with van der Waals surface area (Å²) in [6.45, 7) is 0.268. The third-order valence-corrected chi connectivity index (χ3v) is 3.35. The van der Waals surface area contributed by atoms with Crippen molar-refractivity contribution in [2.45, 2.75) is 11.4 Å². The van der Waals surface area contributed by atoms with Gasteiger partial charge in [-0.3, -0.25) is 4.79 Å². The third-order valence-electron chi connectivity index (χ3n) is 2.42. The van der Waals surface area contributed by atoms with E-state index in [1.165, 1.54) is 18.3 Å². The number of benzene rings is 1. The highest BCUT2D eigenvalue weighted by molar-refractivity contribution is 7.89. The Balaban J connectivity index is 1.99. The van der Waals surface area contributed by atoms with Gasteiger partial charge in [0.1, 0.15) is 0 Å². The first-order valence-corrected chi connectivity index (χ1v) is 6.91. The highest BCUT2D eigenvalue weighted by Gasteiger charge is 2.09. The van der Waals surface area contributed by atoms with Crippen LogP contribution in [0.3, 0.4) is 0 Å². The van der Waals surface area contributed by atoms with E-state index < -0.39 is 10.0 Å². The van der Waals surface area contributed by atoms with Crippen LogP contribution in [0.4, 0.5) is 0 Å². The van der Waals surface area contributed by atoms with Gasteiger partial charge in [-0.25, -0.2) is 18.5 Å². The molecule has 0 aliphatic carbocycles. The molecule has 8 heteroatoms. The lowest BCUT2D eigenvalue weighted by atomic mass is 10.2. The molecule has 0 aliphatic rings. The molecule has 4 N–H and O–H groups in total. The summed E-state index contributed by atoms with van der Waals surface area (Å²) in [7, 11) is -3.69. The van der Waals surface area contributed by atoms with Crippen molar-refractivity contribution in [1.29, 1.82) is 0 Å². The molecular weight excluding hydrogens is 268 g/mol. The van der Waals surface area contributed by atoms with E-state index in [0.717, 1.165) is 5.56 Å². The average Bonchev–Trinajstić information content (AvgIpc) is 2.89. The van der Waals surface area contributed by atoms with Crippen molar-refractivity contribution < 1.29 is 13.2 Å². The normalized spacial score (nSPS) is 11.2. The van der Waals surface area contributed by atoms with Crippen LogP contribution in [0.25, 0.3) is 0 Å². The predicted octanol–water partition coefficient (Wildman–Crippen LogP) is -0.0129. The van der Waals surface area contributed by atoms with Gasteiger partial charge < -0.3 is 10.3 Å². The van der Waals surface area contributed by atoms with Crippen molar-refractivity contribution in [1.82, 2.24) is 15.3 Å². The van der Waals surface area contributed by atoms with Gasteiger partial charge >= 0.3 is 0 Å². The van der Waals surface area contributed by atoms with E-state index in [9.17, 15) is 13.2 Å². The molecule has 1 aromatic heterocycles. The number of carbonyl (C=O) groups excluding carboxylic acids is 1. The Hall–Kier alpha value is -2.19. The molecule has 7 nitrogen and oxygen atoms in total. The quantitative estimate of drug-likeness (QED) is 0.729. The van der Waals surface area contributed by atoms with Gasteiger partial charge in [0.2, 0.25) is 10.0 Å². The highest BCUT2D eigenvalue weighted by Crippen LogP contribution is 2.08. The molecular formula is C11H12N4O3S. The lowest BCUT2D eigenvalue weighted by Crippen LogP contribution is -2.24. The smallest absolute Gasteiger partial charge is 0.287 e. The maximum absolute atomic E-state index is 11.6. The van der Waals surface area contributed by atoms with Crippen LogP contribution >= 0.6 is 0 Å². The summed E-state index contributed by atoms with van der Waals surface area (Å²) in [6, 6.07) is 5.96. The fraction of sp³-hybridized carbons (Fsp3) is 0.0909. The van der Waals surface area contributed by atoms with Gasteiger partial charge in [-0.05, 0) is 17.7 Å². The molecule has 0 unspecified atom stereocenters. The molecule has 0 saturated carbocycles. The molecule has 0 spiro atoms. The van der Waals surface area contributed by atoms with Gasteiger partial charge in [0.15, 0.2) is 5.82 Å². The number of hydrogen-bond acceptors (Lipinski definition) is 4. The largest absolute Gasteiger partial charge is 0.345 e. The SMILES string of the molecule is NS(=O)(=O)c1ccc(CNC(=O)c2ncc[nH]2)cc1. The van der Waals surface area contributed by atoms with Crippen molar-refractivity contribution in [3.8, 4) is 0 Å². The number of carbonyl (C=O) groups is 1. The third kappa shape index (κ3) is 3.39. The number of nitrogens with two attached hydrogens (primary N) is 1. The van der Waals surface area contributed by atoms with E-state index in [1.807, 2.05) is 0 Å². The van der Waals surface area contributed by atoms with Crippen LogP contribution in [0, 0.1) is 0 Å². The second kappa shape index (κ2) is 5.21. The minimum Gasteiger partial charge on any atom is -0.345 e. The zero-order valence-electron chi connectivity index (χ0n) is 9.83. The molecule has 0 bridgehead atoms. The molecule has 0 aliphatic heterocycles. The first-order valence-electron chi connectivity index (χ1n) is 5.36. The number of nitrogens with zero attached hydrogens (tertiary/aromatic N) is 1. The molecule has 0 atom stereocenters. The maximum atomic E-state index is 11.6. The van der Waals surface area contributed by atoms with E-state index in [2.05, 4.69) is 15.3 Å².